The normalized spacial score (nSPS) is 12.4. The summed E-state index contributed by atoms with van der Waals surface area (Å²) in [6.45, 7) is 3.01. The number of rotatable bonds is 6. The summed E-state index contributed by atoms with van der Waals surface area (Å²) in [7, 11) is 2.07. The lowest BCUT2D eigenvalue weighted by molar-refractivity contribution is 0.645. The van der Waals surface area contributed by atoms with E-state index in [1.165, 1.54) is 10.4 Å². The summed E-state index contributed by atoms with van der Waals surface area (Å²) in [6.07, 6.45) is 3.84. The second-order valence-corrected chi connectivity index (χ2v) is 5.86. The van der Waals surface area contributed by atoms with Crippen molar-refractivity contribution in [1.82, 2.24) is 4.98 Å². The number of anilines is 1. The first-order chi connectivity index (χ1) is 9.19. The third-order valence-corrected chi connectivity index (χ3v) is 4.06. The van der Waals surface area contributed by atoms with Crippen LogP contribution in [0.15, 0.2) is 35.8 Å². The maximum absolute atomic E-state index is 5.96. The number of nitrogens with two attached hydrogens (primary N) is 1. The molecule has 0 aliphatic carbocycles. The second-order valence-electron chi connectivity index (χ2n) is 4.83. The van der Waals surface area contributed by atoms with Crippen LogP contribution < -0.4 is 10.6 Å². The minimum Gasteiger partial charge on any atom is -0.355 e. The molecule has 2 N–H and O–H groups in total. The van der Waals surface area contributed by atoms with E-state index < -0.39 is 0 Å². The van der Waals surface area contributed by atoms with Crippen molar-refractivity contribution in [3.8, 4) is 0 Å². The molecule has 0 amide bonds. The standard InChI is InChI=1S/C15H21N3S/c1-3-13(16)9-12-6-7-15(17-10-12)18(2)11-14-5-4-8-19-14/h4-8,10,13H,3,9,11,16H2,1-2H3. The maximum atomic E-state index is 5.96. The predicted octanol–water partition coefficient (Wildman–Crippen LogP) is 3.06. The SMILES string of the molecule is CCC(N)Cc1ccc(N(C)Cc2cccs2)nc1. The van der Waals surface area contributed by atoms with Gasteiger partial charge in [0.25, 0.3) is 0 Å². The fraction of sp³-hybridized carbons (Fsp3) is 0.400. The van der Waals surface area contributed by atoms with Gasteiger partial charge in [-0.05, 0) is 35.9 Å². The quantitative estimate of drug-likeness (QED) is 0.881. The predicted molar refractivity (Wildman–Crippen MR) is 82.6 cm³/mol. The van der Waals surface area contributed by atoms with E-state index in [-0.39, 0.29) is 6.04 Å². The number of hydrogen-bond donors (Lipinski definition) is 1. The Morgan fingerprint density at radius 1 is 1.37 bits per heavy atom. The fourth-order valence-electron chi connectivity index (χ4n) is 1.93. The van der Waals surface area contributed by atoms with E-state index in [9.17, 15) is 0 Å². The lowest BCUT2D eigenvalue weighted by Gasteiger charge is -2.17. The zero-order chi connectivity index (χ0) is 13.7. The summed E-state index contributed by atoms with van der Waals surface area (Å²) >= 11 is 1.77. The van der Waals surface area contributed by atoms with Gasteiger partial charge in [-0.3, -0.25) is 0 Å². The fourth-order valence-corrected chi connectivity index (χ4v) is 2.68. The monoisotopic (exact) mass is 275 g/mol. The molecule has 0 spiro atoms. The van der Waals surface area contributed by atoms with Crippen LogP contribution in [-0.4, -0.2) is 18.1 Å². The Bertz CT molecular complexity index is 479. The highest BCUT2D eigenvalue weighted by Crippen LogP contribution is 2.16. The van der Waals surface area contributed by atoms with Gasteiger partial charge in [-0.25, -0.2) is 4.98 Å². The highest BCUT2D eigenvalue weighted by Gasteiger charge is 2.06. The Kier molecular flexibility index (Phi) is 4.93. The number of thiophene rings is 1. The molecule has 2 heterocycles. The van der Waals surface area contributed by atoms with Crippen LogP contribution in [0.3, 0.4) is 0 Å². The van der Waals surface area contributed by atoms with E-state index in [2.05, 4.69) is 53.5 Å². The molecule has 0 radical (unpaired) electrons. The molecule has 1 unspecified atom stereocenters. The molecule has 0 aliphatic heterocycles. The summed E-state index contributed by atoms with van der Waals surface area (Å²) < 4.78 is 0. The summed E-state index contributed by atoms with van der Waals surface area (Å²) in [5.74, 6) is 1.00. The summed E-state index contributed by atoms with van der Waals surface area (Å²) in [6, 6.07) is 8.66. The number of pyridine rings is 1. The molecule has 2 aromatic heterocycles. The Balaban J connectivity index is 1.97. The lowest BCUT2D eigenvalue weighted by atomic mass is 10.1. The topological polar surface area (TPSA) is 42.1 Å². The Labute approximate surface area is 119 Å². The van der Waals surface area contributed by atoms with Crippen LogP contribution >= 0.6 is 11.3 Å². The van der Waals surface area contributed by atoms with Crippen LogP contribution in [0.2, 0.25) is 0 Å². The van der Waals surface area contributed by atoms with Crippen LogP contribution in [0.4, 0.5) is 5.82 Å². The van der Waals surface area contributed by atoms with E-state index in [0.29, 0.717) is 0 Å². The highest BCUT2D eigenvalue weighted by molar-refractivity contribution is 7.09. The summed E-state index contributed by atoms with van der Waals surface area (Å²) in [5.41, 5.74) is 7.17. The zero-order valence-electron chi connectivity index (χ0n) is 11.5. The van der Waals surface area contributed by atoms with Crippen molar-refractivity contribution in [2.24, 2.45) is 5.73 Å². The van der Waals surface area contributed by atoms with Gasteiger partial charge in [0.2, 0.25) is 0 Å². The van der Waals surface area contributed by atoms with Gasteiger partial charge in [0.15, 0.2) is 0 Å². The van der Waals surface area contributed by atoms with E-state index >= 15 is 0 Å². The smallest absolute Gasteiger partial charge is 0.128 e. The van der Waals surface area contributed by atoms with Crippen molar-refractivity contribution in [2.45, 2.75) is 32.4 Å². The van der Waals surface area contributed by atoms with Crippen LogP contribution in [0.1, 0.15) is 23.8 Å². The molecule has 0 aromatic carbocycles. The molecule has 102 valence electrons. The van der Waals surface area contributed by atoms with Gasteiger partial charge in [-0.15, -0.1) is 11.3 Å². The van der Waals surface area contributed by atoms with Crippen LogP contribution in [0.25, 0.3) is 0 Å². The Morgan fingerprint density at radius 2 is 2.21 bits per heavy atom. The first kappa shape index (κ1) is 14.0. The Morgan fingerprint density at radius 3 is 2.79 bits per heavy atom. The molecule has 2 rings (SSSR count). The van der Waals surface area contributed by atoms with Gasteiger partial charge in [-0.1, -0.05) is 19.1 Å². The summed E-state index contributed by atoms with van der Waals surface area (Å²) in [5, 5.41) is 2.10. The van der Waals surface area contributed by atoms with Crippen LogP contribution in [-0.2, 0) is 13.0 Å². The minimum absolute atomic E-state index is 0.233. The highest BCUT2D eigenvalue weighted by atomic mass is 32.1. The zero-order valence-corrected chi connectivity index (χ0v) is 12.4. The van der Waals surface area contributed by atoms with Gasteiger partial charge < -0.3 is 10.6 Å². The molecule has 0 bridgehead atoms. The van der Waals surface area contributed by atoms with E-state index in [4.69, 9.17) is 5.73 Å². The van der Waals surface area contributed by atoms with E-state index in [0.717, 1.165) is 25.2 Å². The second kappa shape index (κ2) is 6.68. The molecule has 4 heteroatoms. The van der Waals surface area contributed by atoms with E-state index in [1.54, 1.807) is 11.3 Å². The Hall–Kier alpha value is -1.39. The molecule has 0 fully saturated rings. The molecule has 2 aromatic rings. The molecule has 0 aliphatic rings. The van der Waals surface area contributed by atoms with Crippen molar-refractivity contribution >= 4 is 17.2 Å². The average Bonchev–Trinajstić information content (AvgIpc) is 2.92. The number of aromatic nitrogens is 1. The van der Waals surface area contributed by atoms with Crippen molar-refractivity contribution in [1.29, 1.82) is 0 Å². The van der Waals surface area contributed by atoms with Gasteiger partial charge in [0.05, 0.1) is 6.54 Å². The number of nitrogens with zero attached hydrogens (tertiary/aromatic N) is 2. The van der Waals surface area contributed by atoms with Gasteiger partial charge in [0, 0.05) is 24.2 Å². The molecule has 3 nitrogen and oxygen atoms in total. The molecule has 19 heavy (non-hydrogen) atoms. The molecule has 0 saturated carbocycles. The third kappa shape index (κ3) is 4.04. The van der Waals surface area contributed by atoms with Gasteiger partial charge >= 0.3 is 0 Å². The van der Waals surface area contributed by atoms with Crippen LogP contribution in [0.5, 0.6) is 0 Å². The van der Waals surface area contributed by atoms with Crippen molar-refractivity contribution in [3.63, 3.8) is 0 Å². The van der Waals surface area contributed by atoms with Crippen molar-refractivity contribution < 1.29 is 0 Å². The molecule has 0 saturated heterocycles. The van der Waals surface area contributed by atoms with Crippen molar-refractivity contribution in [3.05, 3.63) is 46.3 Å². The van der Waals surface area contributed by atoms with Crippen LogP contribution in [0, 0.1) is 0 Å². The van der Waals surface area contributed by atoms with E-state index in [1.807, 2.05) is 6.20 Å². The van der Waals surface area contributed by atoms with Gasteiger partial charge in [0.1, 0.15) is 5.82 Å². The van der Waals surface area contributed by atoms with Crippen molar-refractivity contribution in [2.75, 3.05) is 11.9 Å². The molecular weight excluding hydrogens is 254 g/mol. The molecular formula is C15H21N3S. The maximum Gasteiger partial charge on any atom is 0.128 e. The first-order valence-electron chi connectivity index (χ1n) is 6.63. The average molecular weight is 275 g/mol. The third-order valence-electron chi connectivity index (χ3n) is 3.20. The van der Waals surface area contributed by atoms with Gasteiger partial charge in [-0.2, -0.15) is 0 Å². The lowest BCUT2D eigenvalue weighted by Crippen LogP contribution is -2.21. The summed E-state index contributed by atoms with van der Waals surface area (Å²) in [4.78, 5) is 8.03. The largest absolute Gasteiger partial charge is 0.355 e. The minimum atomic E-state index is 0.233. The molecule has 1 atom stereocenters. The number of hydrogen-bond acceptors (Lipinski definition) is 4. The first-order valence-corrected chi connectivity index (χ1v) is 7.51.